The van der Waals surface area contributed by atoms with Crippen molar-refractivity contribution in [3.63, 3.8) is 0 Å². The average molecular weight is 332 g/mol. The number of aryl methyl sites for hydroxylation is 2. The molecule has 0 saturated carbocycles. The van der Waals surface area contributed by atoms with E-state index in [0.29, 0.717) is 5.58 Å². The molecule has 5 rings (SSSR count). The highest BCUT2D eigenvalue weighted by Gasteiger charge is 2.26. The zero-order valence-electron chi connectivity index (χ0n) is 13.8. The van der Waals surface area contributed by atoms with Crippen molar-refractivity contribution in [3.05, 3.63) is 66.0 Å². The van der Waals surface area contributed by atoms with Crippen molar-refractivity contribution in [1.29, 1.82) is 0 Å². The molecule has 0 aliphatic carbocycles. The van der Waals surface area contributed by atoms with Crippen molar-refractivity contribution in [2.75, 3.05) is 0 Å². The first-order valence-electron chi connectivity index (χ1n) is 8.13. The van der Waals surface area contributed by atoms with Gasteiger partial charge in [-0.05, 0) is 30.7 Å². The summed E-state index contributed by atoms with van der Waals surface area (Å²) in [5.74, 6) is 0.419. The molecule has 0 spiro atoms. The lowest BCUT2D eigenvalue weighted by molar-refractivity contribution is -0.637. The molecule has 0 amide bonds. The summed E-state index contributed by atoms with van der Waals surface area (Å²) in [4.78, 5) is 0. The summed E-state index contributed by atoms with van der Waals surface area (Å²) < 4.78 is 27.8. The van der Waals surface area contributed by atoms with Crippen molar-refractivity contribution in [2.24, 2.45) is 7.05 Å². The third kappa shape index (κ3) is 1.94. The number of benzene rings is 3. The van der Waals surface area contributed by atoms with Gasteiger partial charge in [-0.3, -0.25) is 0 Å². The second kappa shape index (κ2) is 4.93. The number of oxazole rings is 1. The third-order valence-electron chi connectivity index (χ3n) is 4.76. The van der Waals surface area contributed by atoms with Gasteiger partial charge < -0.3 is 8.83 Å². The molecule has 0 saturated heterocycles. The highest BCUT2D eigenvalue weighted by molar-refractivity contribution is 6.09. The molecule has 122 valence electrons. The number of nitrogens with zero attached hydrogens (tertiary/aromatic N) is 1. The Hall–Kier alpha value is -3.14. The number of para-hydroxylation sites is 2. The molecule has 0 bridgehead atoms. The summed E-state index contributed by atoms with van der Waals surface area (Å²) in [5, 5.41) is 1.85. The van der Waals surface area contributed by atoms with Gasteiger partial charge in [0.1, 0.15) is 24.0 Å². The van der Waals surface area contributed by atoms with Crippen LogP contribution in [0, 0.1) is 12.7 Å². The van der Waals surface area contributed by atoms with Crippen LogP contribution in [-0.4, -0.2) is 0 Å². The lowest BCUT2D eigenvalue weighted by Gasteiger charge is -2.00. The highest BCUT2D eigenvalue weighted by atomic mass is 19.1. The van der Waals surface area contributed by atoms with Crippen LogP contribution >= 0.6 is 0 Å². The summed E-state index contributed by atoms with van der Waals surface area (Å²) in [6.45, 7) is 2.02. The van der Waals surface area contributed by atoms with Gasteiger partial charge in [0, 0.05) is 22.9 Å². The zero-order chi connectivity index (χ0) is 17.1. The van der Waals surface area contributed by atoms with Crippen LogP contribution in [0.25, 0.3) is 44.5 Å². The van der Waals surface area contributed by atoms with Gasteiger partial charge in [0.05, 0.1) is 0 Å². The summed E-state index contributed by atoms with van der Waals surface area (Å²) >= 11 is 0. The number of aromatic nitrogens is 1. The SMILES string of the molecule is Cc1ccc2c(oc3cc(F)ccc32)c1-c1oc2ccccc2[n+]1C. The fourth-order valence-electron chi connectivity index (χ4n) is 3.50. The van der Waals surface area contributed by atoms with Crippen LogP contribution in [-0.2, 0) is 7.05 Å². The standard InChI is InChI=1S/C21H15FNO2/c1-12-7-9-15-14-10-8-13(22)11-18(14)24-20(15)19(12)21-23(2)16-5-3-4-6-17(16)25-21/h3-11H,1-2H3/q+1. The van der Waals surface area contributed by atoms with E-state index in [2.05, 4.69) is 0 Å². The van der Waals surface area contributed by atoms with Gasteiger partial charge in [0.25, 0.3) is 5.52 Å². The minimum atomic E-state index is -0.306. The Morgan fingerprint density at radius 2 is 1.68 bits per heavy atom. The van der Waals surface area contributed by atoms with E-state index in [1.54, 1.807) is 6.07 Å². The first-order valence-corrected chi connectivity index (χ1v) is 8.13. The van der Waals surface area contributed by atoms with Crippen LogP contribution < -0.4 is 4.57 Å². The quantitative estimate of drug-likeness (QED) is 0.391. The Morgan fingerprint density at radius 1 is 0.880 bits per heavy atom. The largest absolute Gasteiger partial charge is 0.455 e. The molecule has 3 nitrogen and oxygen atoms in total. The Morgan fingerprint density at radius 3 is 2.52 bits per heavy atom. The van der Waals surface area contributed by atoms with Gasteiger partial charge in [-0.1, -0.05) is 24.3 Å². The van der Waals surface area contributed by atoms with Gasteiger partial charge in [0.15, 0.2) is 5.58 Å². The van der Waals surface area contributed by atoms with Crippen LogP contribution in [0.2, 0.25) is 0 Å². The van der Waals surface area contributed by atoms with Crippen molar-refractivity contribution >= 4 is 33.0 Å². The molecule has 3 aromatic carbocycles. The van der Waals surface area contributed by atoms with Gasteiger partial charge >= 0.3 is 5.89 Å². The molecule has 0 atom stereocenters. The van der Waals surface area contributed by atoms with E-state index >= 15 is 0 Å². The topological polar surface area (TPSA) is 30.2 Å². The van der Waals surface area contributed by atoms with Crippen LogP contribution in [0.1, 0.15) is 5.56 Å². The van der Waals surface area contributed by atoms with E-state index in [-0.39, 0.29) is 5.82 Å². The second-order valence-corrected chi connectivity index (χ2v) is 6.31. The number of rotatable bonds is 1. The van der Waals surface area contributed by atoms with Crippen molar-refractivity contribution < 1.29 is 17.8 Å². The van der Waals surface area contributed by atoms with E-state index in [1.165, 1.54) is 12.1 Å². The summed E-state index contributed by atoms with van der Waals surface area (Å²) in [6, 6.07) is 16.6. The number of halogens is 1. The maximum Gasteiger partial charge on any atom is 0.385 e. The number of hydrogen-bond acceptors (Lipinski definition) is 2. The molecule has 2 aromatic heterocycles. The van der Waals surface area contributed by atoms with Crippen LogP contribution in [0.5, 0.6) is 0 Å². The van der Waals surface area contributed by atoms with Crippen molar-refractivity contribution in [1.82, 2.24) is 0 Å². The molecule has 0 radical (unpaired) electrons. The molecule has 4 heteroatoms. The van der Waals surface area contributed by atoms with Gasteiger partial charge in [-0.2, -0.15) is 4.57 Å². The van der Waals surface area contributed by atoms with E-state index in [1.807, 2.05) is 54.9 Å². The molecule has 5 aromatic rings. The van der Waals surface area contributed by atoms with Crippen molar-refractivity contribution in [2.45, 2.75) is 6.92 Å². The molecular formula is C21H15FNO2+. The third-order valence-corrected chi connectivity index (χ3v) is 4.76. The number of fused-ring (bicyclic) bond motifs is 4. The normalized spacial score (nSPS) is 11.8. The highest BCUT2D eigenvalue weighted by Crippen LogP contribution is 2.37. The minimum Gasteiger partial charge on any atom is -0.455 e. The van der Waals surface area contributed by atoms with E-state index in [0.717, 1.165) is 44.5 Å². The molecule has 25 heavy (non-hydrogen) atoms. The predicted molar refractivity (Wildman–Crippen MR) is 94.8 cm³/mol. The molecular weight excluding hydrogens is 317 g/mol. The fourth-order valence-corrected chi connectivity index (χ4v) is 3.50. The zero-order valence-corrected chi connectivity index (χ0v) is 13.8. The molecule has 0 fully saturated rings. The number of hydrogen-bond donors (Lipinski definition) is 0. The maximum atomic E-state index is 13.6. The van der Waals surface area contributed by atoms with Gasteiger partial charge in [-0.15, -0.1) is 0 Å². The van der Waals surface area contributed by atoms with Crippen LogP contribution in [0.15, 0.2) is 63.4 Å². The molecule has 2 heterocycles. The van der Waals surface area contributed by atoms with E-state index < -0.39 is 0 Å². The predicted octanol–water partition coefficient (Wildman–Crippen LogP) is 5.27. The van der Waals surface area contributed by atoms with Crippen LogP contribution in [0.4, 0.5) is 4.39 Å². The Labute approximate surface area is 142 Å². The summed E-state index contributed by atoms with van der Waals surface area (Å²) in [5.41, 5.74) is 5.03. The average Bonchev–Trinajstić information content (AvgIpc) is 3.12. The summed E-state index contributed by atoms with van der Waals surface area (Å²) in [7, 11) is 1.97. The van der Waals surface area contributed by atoms with E-state index in [9.17, 15) is 4.39 Å². The Balaban J connectivity index is 1.92. The molecule has 0 unspecified atom stereocenters. The minimum absolute atomic E-state index is 0.306. The lowest BCUT2D eigenvalue weighted by Crippen LogP contribution is -2.28. The first kappa shape index (κ1) is 14.2. The fraction of sp³-hybridized carbons (Fsp3) is 0.0952. The smallest absolute Gasteiger partial charge is 0.385 e. The maximum absolute atomic E-state index is 13.6. The Bertz CT molecular complexity index is 1280. The van der Waals surface area contributed by atoms with E-state index in [4.69, 9.17) is 8.83 Å². The second-order valence-electron chi connectivity index (χ2n) is 6.31. The Kier molecular flexibility index (Phi) is 2.80. The molecule has 0 aliphatic heterocycles. The van der Waals surface area contributed by atoms with Crippen molar-refractivity contribution in [3.8, 4) is 11.5 Å². The van der Waals surface area contributed by atoms with Crippen LogP contribution in [0.3, 0.4) is 0 Å². The van der Waals surface area contributed by atoms with Gasteiger partial charge in [-0.25, -0.2) is 4.39 Å². The summed E-state index contributed by atoms with van der Waals surface area (Å²) in [6.07, 6.45) is 0. The lowest BCUT2D eigenvalue weighted by atomic mass is 10.0. The first-order chi connectivity index (χ1) is 12.1. The molecule has 0 N–H and O–H groups in total. The molecule has 0 aliphatic rings. The monoisotopic (exact) mass is 332 g/mol. The van der Waals surface area contributed by atoms with Gasteiger partial charge in [0.2, 0.25) is 5.58 Å². The number of furan rings is 1.